The van der Waals surface area contributed by atoms with Crippen LogP contribution in [0.5, 0.6) is 0 Å². The fraction of sp³-hybridized carbons (Fsp3) is 0.733. The third-order valence-corrected chi connectivity index (χ3v) is 3.70. The predicted molar refractivity (Wildman–Crippen MR) is 76.3 cm³/mol. The van der Waals surface area contributed by atoms with Crippen molar-refractivity contribution < 1.29 is 0 Å². The Morgan fingerprint density at radius 1 is 1.29 bits per heavy atom. The topological polar surface area (TPSA) is 15.3 Å². The first-order valence-corrected chi connectivity index (χ1v) is 7.07. The van der Waals surface area contributed by atoms with E-state index in [1.807, 2.05) is 13.8 Å². The molecule has 0 aliphatic carbocycles. The second-order valence-corrected chi connectivity index (χ2v) is 4.61. The van der Waals surface area contributed by atoms with E-state index in [2.05, 4.69) is 42.3 Å². The molecule has 0 spiro atoms. The molecule has 2 aliphatic heterocycles. The van der Waals surface area contributed by atoms with E-state index in [-0.39, 0.29) is 0 Å². The lowest BCUT2D eigenvalue weighted by Gasteiger charge is -2.23. The number of nitrogens with zero attached hydrogens (tertiary/aromatic N) is 1. The molecule has 1 N–H and O–H groups in total. The summed E-state index contributed by atoms with van der Waals surface area (Å²) in [4.78, 5) is 2.64. The quantitative estimate of drug-likeness (QED) is 0.758. The highest BCUT2D eigenvalue weighted by molar-refractivity contribution is 5.20. The van der Waals surface area contributed by atoms with E-state index < -0.39 is 0 Å². The van der Waals surface area contributed by atoms with Crippen LogP contribution >= 0.6 is 0 Å². The van der Waals surface area contributed by atoms with Crippen LogP contribution in [0.4, 0.5) is 0 Å². The number of fused-ring (bicyclic) bond motifs is 1. The van der Waals surface area contributed by atoms with Crippen molar-refractivity contribution in [1.82, 2.24) is 10.2 Å². The molecule has 17 heavy (non-hydrogen) atoms. The normalized spacial score (nSPS) is 29.3. The molecule has 98 valence electrons. The van der Waals surface area contributed by atoms with Gasteiger partial charge in [0, 0.05) is 19.1 Å². The first-order valence-electron chi connectivity index (χ1n) is 7.07. The van der Waals surface area contributed by atoms with Crippen LogP contribution in [0.1, 0.15) is 34.1 Å². The van der Waals surface area contributed by atoms with Crippen molar-refractivity contribution in [3.8, 4) is 0 Å². The Kier molecular flexibility index (Phi) is 6.53. The molecule has 2 heterocycles. The van der Waals surface area contributed by atoms with Gasteiger partial charge >= 0.3 is 0 Å². The van der Waals surface area contributed by atoms with E-state index in [4.69, 9.17) is 0 Å². The van der Waals surface area contributed by atoms with Gasteiger partial charge in [0.1, 0.15) is 0 Å². The van der Waals surface area contributed by atoms with Gasteiger partial charge in [-0.3, -0.25) is 4.90 Å². The Hall–Kier alpha value is -0.600. The molecule has 2 aliphatic rings. The number of rotatable bonds is 3. The highest BCUT2D eigenvalue weighted by Gasteiger charge is 2.37. The average Bonchev–Trinajstić information content (AvgIpc) is 2.95. The van der Waals surface area contributed by atoms with Crippen molar-refractivity contribution in [2.45, 2.75) is 40.2 Å². The van der Waals surface area contributed by atoms with Gasteiger partial charge in [-0.25, -0.2) is 0 Å². The van der Waals surface area contributed by atoms with Crippen LogP contribution in [0.2, 0.25) is 0 Å². The number of likely N-dealkylation sites (tertiary alicyclic amines) is 1. The molecule has 2 fully saturated rings. The molecular weight excluding hydrogens is 208 g/mol. The second kappa shape index (κ2) is 7.67. The smallest absolute Gasteiger partial charge is 0.0264 e. The Morgan fingerprint density at radius 3 is 2.71 bits per heavy atom. The molecule has 0 saturated carbocycles. The summed E-state index contributed by atoms with van der Waals surface area (Å²) in [6, 6.07) is 0.796. The van der Waals surface area contributed by atoms with Crippen LogP contribution in [-0.4, -0.2) is 37.1 Å². The summed E-state index contributed by atoms with van der Waals surface area (Å²) < 4.78 is 0. The summed E-state index contributed by atoms with van der Waals surface area (Å²) in [5, 5.41) is 3.50. The van der Waals surface area contributed by atoms with E-state index in [0.29, 0.717) is 0 Å². The number of hydrogen-bond acceptors (Lipinski definition) is 2. The molecule has 0 aromatic heterocycles. The molecule has 0 unspecified atom stereocenters. The van der Waals surface area contributed by atoms with Crippen LogP contribution in [0.3, 0.4) is 0 Å². The highest BCUT2D eigenvalue weighted by atomic mass is 15.2. The van der Waals surface area contributed by atoms with Crippen molar-refractivity contribution >= 4 is 0 Å². The first kappa shape index (κ1) is 14.5. The van der Waals surface area contributed by atoms with Crippen molar-refractivity contribution in [2.24, 2.45) is 5.92 Å². The minimum atomic E-state index is 0.796. The van der Waals surface area contributed by atoms with Gasteiger partial charge < -0.3 is 5.32 Å². The van der Waals surface area contributed by atoms with Crippen LogP contribution in [0.25, 0.3) is 0 Å². The number of allylic oxidation sites excluding steroid dienone is 2. The largest absolute Gasteiger partial charge is 0.315 e. The molecule has 0 radical (unpaired) electrons. The molecular formula is C15H28N2. The molecule has 0 amide bonds. The SMILES string of the molecule is C/C=C\C(=C/C)CN1CC[C@H]2CNC[C@H]21.CC. The van der Waals surface area contributed by atoms with Gasteiger partial charge in [-0.15, -0.1) is 0 Å². The van der Waals surface area contributed by atoms with Crippen molar-refractivity contribution in [3.63, 3.8) is 0 Å². The monoisotopic (exact) mass is 236 g/mol. The first-order chi connectivity index (χ1) is 8.35. The zero-order valence-electron chi connectivity index (χ0n) is 11.9. The molecule has 0 aromatic rings. The standard InChI is InChI=1S/C13H22N2.C2H6/c1-3-5-11(4-2)10-15-7-6-12-8-14-9-13(12)15;1-2/h3-5,12-14H,6-10H2,1-2H3;1-2H3/b5-3-,11-4+;/t12-,13+;/m0./s1. The van der Waals surface area contributed by atoms with Gasteiger partial charge in [0.2, 0.25) is 0 Å². The second-order valence-electron chi connectivity index (χ2n) is 4.61. The molecule has 0 aromatic carbocycles. The van der Waals surface area contributed by atoms with Gasteiger partial charge in [0.25, 0.3) is 0 Å². The zero-order valence-corrected chi connectivity index (χ0v) is 11.9. The van der Waals surface area contributed by atoms with Crippen molar-refractivity contribution in [2.75, 3.05) is 26.2 Å². The van der Waals surface area contributed by atoms with Crippen molar-refractivity contribution in [3.05, 3.63) is 23.8 Å². The molecule has 2 saturated heterocycles. The maximum absolute atomic E-state index is 3.50. The van der Waals surface area contributed by atoms with Gasteiger partial charge in [-0.05, 0) is 44.8 Å². The molecule has 0 bridgehead atoms. The van der Waals surface area contributed by atoms with Gasteiger partial charge in [-0.2, -0.15) is 0 Å². The van der Waals surface area contributed by atoms with Gasteiger partial charge in [-0.1, -0.05) is 32.1 Å². The average molecular weight is 236 g/mol. The van der Waals surface area contributed by atoms with Crippen LogP contribution in [0, 0.1) is 5.92 Å². The zero-order chi connectivity index (χ0) is 12.7. The van der Waals surface area contributed by atoms with Crippen LogP contribution in [0.15, 0.2) is 23.8 Å². The summed E-state index contributed by atoms with van der Waals surface area (Å²) in [6.07, 6.45) is 7.98. The summed E-state index contributed by atoms with van der Waals surface area (Å²) in [6.45, 7) is 13.1. The third kappa shape index (κ3) is 3.68. The molecule has 2 rings (SSSR count). The minimum Gasteiger partial charge on any atom is -0.315 e. The predicted octanol–water partition coefficient (Wildman–Crippen LogP) is 2.83. The summed E-state index contributed by atoms with van der Waals surface area (Å²) >= 11 is 0. The van der Waals surface area contributed by atoms with Gasteiger partial charge in [0.15, 0.2) is 0 Å². The van der Waals surface area contributed by atoms with Gasteiger partial charge in [0.05, 0.1) is 0 Å². The van der Waals surface area contributed by atoms with Crippen LogP contribution in [-0.2, 0) is 0 Å². The Labute approximate surface area is 107 Å². The van der Waals surface area contributed by atoms with E-state index >= 15 is 0 Å². The Balaban J connectivity index is 0.000000686. The third-order valence-electron chi connectivity index (χ3n) is 3.70. The van der Waals surface area contributed by atoms with E-state index in [1.54, 1.807) is 0 Å². The maximum Gasteiger partial charge on any atom is 0.0264 e. The maximum atomic E-state index is 3.50. The Bertz CT molecular complexity index is 268. The lowest BCUT2D eigenvalue weighted by Crippen LogP contribution is -2.35. The molecule has 2 atom stereocenters. The summed E-state index contributed by atoms with van der Waals surface area (Å²) in [5.41, 5.74) is 1.45. The van der Waals surface area contributed by atoms with E-state index in [0.717, 1.165) is 18.5 Å². The fourth-order valence-corrected chi connectivity index (χ4v) is 2.82. The van der Waals surface area contributed by atoms with E-state index in [9.17, 15) is 0 Å². The van der Waals surface area contributed by atoms with Crippen LogP contribution < -0.4 is 5.32 Å². The lowest BCUT2D eigenvalue weighted by atomic mass is 10.0. The fourth-order valence-electron chi connectivity index (χ4n) is 2.82. The number of nitrogens with one attached hydrogen (secondary N) is 1. The molecule has 2 nitrogen and oxygen atoms in total. The van der Waals surface area contributed by atoms with Crippen molar-refractivity contribution in [1.29, 1.82) is 0 Å². The highest BCUT2D eigenvalue weighted by Crippen LogP contribution is 2.27. The minimum absolute atomic E-state index is 0.796. The number of hydrogen-bond donors (Lipinski definition) is 1. The summed E-state index contributed by atoms with van der Waals surface area (Å²) in [7, 11) is 0. The lowest BCUT2D eigenvalue weighted by molar-refractivity contribution is 0.275. The summed E-state index contributed by atoms with van der Waals surface area (Å²) in [5.74, 6) is 0.911. The molecule has 2 heteroatoms. The Morgan fingerprint density at radius 2 is 2.06 bits per heavy atom. The van der Waals surface area contributed by atoms with E-state index in [1.165, 1.54) is 31.6 Å².